The van der Waals surface area contributed by atoms with E-state index in [1.807, 2.05) is 0 Å². The van der Waals surface area contributed by atoms with Crippen LogP contribution < -0.4 is 4.74 Å². The van der Waals surface area contributed by atoms with Crippen molar-refractivity contribution in [2.75, 3.05) is 0 Å². The molecule has 10 heavy (non-hydrogen) atoms. The van der Waals surface area contributed by atoms with Gasteiger partial charge in [0.1, 0.15) is 0 Å². The summed E-state index contributed by atoms with van der Waals surface area (Å²) in [4.78, 5) is 13.5. The lowest BCUT2D eigenvalue weighted by atomic mass is 10.8. The van der Waals surface area contributed by atoms with Crippen molar-refractivity contribution in [1.82, 2.24) is 9.55 Å². The van der Waals surface area contributed by atoms with Gasteiger partial charge in [0.05, 0.1) is 12.5 Å². The molecule has 0 radical (unpaired) electrons. The fraction of sp³-hybridized carbons (Fsp3) is 0.200. The van der Waals surface area contributed by atoms with Crippen molar-refractivity contribution >= 4 is 6.16 Å². The Kier molecular flexibility index (Phi) is 1.57. The van der Waals surface area contributed by atoms with E-state index in [0.29, 0.717) is 0 Å². The van der Waals surface area contributed by atoms with Crippen LogP contribution in [-0.2, 0) is 7.05 Å². The van der Waals surface area contributed by atoms with Gasteiger partial charge in [-0.3, -0.25) is 0 Å². The van der Waals surface area contributed by atoms with Crippen LogP contribution in [0.3, 0.4) is 0 Å². The predicted octanol–water partition coefficient (Wildman–Crippen LogP) is 0.477. The number of rotatable bonds is 1. The highest BCUT2D eigenvalue weighted by Crippen LogP contribution is 2.03. The van der Waals surface area contributed by atoms with E-state index in [1.54, 1.807) is 11.6 Å². The summed E-state index contributed by atoms with van der Waals surface area (Å²) in [7, 11) is 1.72. The van der Waals surface area contributed by atoms with E-state index in [4.69, 9.17) is 5.11 Å². The first kappa shape index (κ1) is 6.60. The molecule has 54 valence electrons. The average Bonchev–Trinajstić information content (AvgIpc) is 2.13. The molecule has 5 heteroatoms. The second-order valence-electron chi connectivity index (χ2n) is 1.75. The molecular formula is C5H6N2O3. The van der Waals surface area contributed by atoms with Gasteiger partial charge in [-0.25, -0.2) is 9.78 Å². The minimum atomic E-state index is -1.35. The molecule has 0 fully saturated rings. The highest BCUT2D eigenvalue weighted by Gasteiger charge is 2.01. The highest BCUT2D eigenvalue weighted by atomic mass is 16.7. The summed E-state index contributed by atoms with van der Waals surface area (Å²) in [6.45, 7) is 0. The van der Waals surface area contributed by atoms with Crippen molar-refractivity contribution in [3.8, 4) is 5.88 Å². The van der Waals surface area contributed by atoms with Crippen molar-refractivity contribution in [3.05, 3.63) is 12.5 Å². The quantitative estimate of drug-likeness (QED) is 0.579. The highest BCUT2D eigenvalue weighted by molar-refractivity contribution is 5.60. The molecule has 0 saturated heterocycles. The number of carboxylic acid groups (broad SMARTS) is 1. The van der Waals surface area contributed by atoms with Gasteiger partial charge in [0.2, 0.25) is 5.88 Å². The van der Waals surface area contributed by atoms with E-state index in [-0.39, 0.29) is 5.88 Å². The van der Waals surface area contributed by atoms with Crippen LogP contribution in [0.15, 0.2) is 12.5 Å². The Balaban J connectivity index is 2.67. The molecule has 0 saturated carbocycles. The zero-order chi connectivity index (χ0) is 7.56. The zero-order valence-corrected chi connectivity index (χ0v) is 5.31. The summed E-state index contributed by atoms with van der Waals surface area (Å²) >= 11 is 0. The summed E-state index contributed by atoms with van der Waals surface area (Å²) in [5.41, 5.74) is 0. The molecule has 0 aliphatic rings. The molecule has 0 aliphatic heterocycles. The number of hydrogen-bond donors (Lipinski definition) is 1. The van der Waals surface area contributed by atoms with Crippen molar-refractivity contribution in [1.29, 1.82) is 0 Å². The van der Waals surface area contributed by atoms with Gasteiger partial charge in [-0.05, 0) is 0 Å². The van der Waals surface area contributed by atoms with Gasteiger partial charge >= 0.3 is 6.16 Å². The van der Waals surface area contributed by atoms with Gasteiger partial charge < -0.3 is 14.4 Å². The van der Waals surface area contributed by atoms with Crippen LogP contribution in [0.4, 0.5) is 4.79 Å². The lowest BCUT2D eigenvalue weighted by Crippen LogP contribution is -2.02. The second kappa shape index (κ2) is 2.38. The largest absolute Gasteiger partial charge is 0.512 e. The predicted molar refractivity (Wildman–Crippen MR) is 31.9 cm³/mol. The standard InChI is InChI=1S/C5H6N2O3/c1-7-2-4(6-3-7)10-5(8)9/h2-3H,1H3,(H,8,9). The molecule has 0 unspecified atom stereocenters. The monoisotopic (exact) mass is 142 g/mol. The van der Waals surface area contributed by atoms with Crippen LogP contribution in [0.5, 0.6) is 5.88 Å². The molecule has 0 bridgehead atoms. The summed E-state index contributed by atoms with van der Waals surface area (Å²) in [5, 5.41) is 8.10. The van der Waals surface area contributed by atoms with E-state index in [1.165, 1.54) is 12.5 Å². The fourth-order valence-electron chi connectivity index (χ4n) is 0.531. The maximum Gasteiger partial charge on any atom is 0.512 e. The number of aromatic nitrogens is 2. The first-order valence-corrected chi connectivity index (χ1v) is 2.57. The number of ether oxygens (including phenoxy) is 1. The lowest BCUT2D eigenvalue weighted by molar-refractivity contribution is 0.142. The lowest BCUT2D eigenvalue weighted by Gasteiger charge is -1.89. The molecule has 1 N–H and O–H groups in total. The van der Waals surface area contributed by atoms with Crippen molar-refractivity contribution in [3.63, 3.8) is 0 Å². The maximum atomic E-state index is 9.91. The summed E-state index contributed by atoms with van der Waals surface area (Å²) in [5.74, 6) is 0.0926. The van der Waals surface area contributed by atoms with Crippen molar-refractivity contribution in [2.45, 2.75) is 0 Å². The van der Waals surface area contributed by atoms with Gasteiger partial charge in [-0.2, -0.15) is 0 Å². The molecule has 5 nitrogen and oxygen atoms in total. The van der Waals surface area contributed by atoms with E-state index < -0.39 is 6.16 Å². The molecule has 1 heterocycles. The van der Waals surface area contributed by atoms with Crippen LogP contribution >= 0.6 is 0 Å². The first-order valence-electron chi connectivity index (χ1n) is 2.57. The Labute approximate surface area is 56.9 Å². The van der Waals surface area contributed by atoms with Crippen LogP contribution in [-0.4, -0.2) is 20.8 Å². The van der Waals surface area contributed by atoms with Crippen molar-refractivity contribution in [2.24, 2.45) is 7.05 Å². The maximum absolute atomic E-state index is 9.91. The number of aryl methyl sites for hydroxylation is 1. The number of nitrogens with zero attached hydrogens (tertiary/aromatic N) is 2. The van der Waals surface area contributed by atoms with Gasteiger partial charge in [-0.15, -0.1) is 0 Å². The van der Waals surface area contributed by atoms with Crippen LogP contribution in [0.1, 0.15) is 0 Å². The molecule has 1 aromatic heterocycles. The molecule has 0 aromatic carbocycles. The minimum Gasteiger partial charge on any atom is -0.449 e. The average molecular weight is 142 g/mol. The number of imidazole rings is 1. The third-order valence-corrected chi connectivity index (χ3v) is 0.873. The third-order valence-electron chi connectivity index (χ3n) is 0.873. The first-order chi connectivity index (χ1) is 4.68. The Morgan fingerprint density at radius 1 is 1.90 bits per heavy atom. The van der Waals surface area contributed by atoms with Gasteiger partial charge in [0.25, 0.3) is 0 Å². The van der Waals surface area contributed by atoms with Gasteiger partial charge in [0, 0.05) is 7.05 Å². The van der Waals surface area contributed by atoms with Gasteiger partial charge in [-0.1, -0.05) is 0 Å². The molecule has 1 rings (SSSR count). The summed E-state index contributed by atoms with van der Waals surface area (Å²) < 4.78 is 5.82. The van der Waals surface area contributed by atoms with Crippen LogP contribution in [0.2, 0.25) is 0 Å². The summed E-state index contributed by atoms with van der Waals surface area (Å²) in [6.07, 6.45) is 1.57. The number of hydrogen-bond acceptors (Lipinski definition) is 3. The minimum absolute atomic E-state index is 0.0926. The molecule has 0 spiro atoms. The van der Waals surface area contributed by atoms with Crippen LogP contribution in [0.25, 0.3) is 0 Å². The van der Waals surface area contributed by atoms with E-state index >= 15 is 0 Å². The molecule has 0 aliphatic carbocycles. The van der Waals surface area contributed by atoms with E-state index in [9.17, 15) is 4.79 Å². The molecule has 0 amide bonds. The third kappa shape index (κ3) is 1.48. The van der Waals surface area contributed by atoms with Gasteiger partial charge in [0.15, 0.2) is 0 Å². The molecule has 0 atom stereocenters. The van der Waals surface area contributed by atoms with Crippen LogP contribution in [0, 0.1) is 0 Å². The fourth-order valence-corrected chi connectivity index (χ4v) is 0.531. The Hall–Kier alpha value is -1.52. The smallest absolute Gasteiger partial charge is 0.449 e. The van der Waals surface area contributed by atoms with E-state index in [2.05, 4.69) is 9.72 Å². The topological polar surface area (TPSA) is 64.4 Å². The van der Waals surface area contributed by atoms with Crippen molar-refractivity contribution < 1.29 is 14.6 Å². The SMILES string of the molecule is Cn1cnc(OC(=O)O)c1. The molecule has 1 aromatic rings. The zero-order valence-electron chi connectivity index (χ0n) is 5.31. The van der Waals surface area contributed by atoms with E-state index in [0.717, 1.165) is 0 Å². The second-order valence-corrected chi connectivity index (χ2v) is 1.75. The normalized spacial score (nSPS) is 9.30. The number of carbonyl (C=O) groups is 1. The Morgan fingerprint density at radius 3 is 3.00 bits per heavy atom. The Morgan fingerprint density at radius 2 is 2.60 bits per heavy atom. The summed E-state index contributed by atoms with van der Waals surface area (Å²) in [6, 6.07) is 0. The Bertz CT molecular complexity index is 243. The molecular weight excluding hydrogens is 136 g/mol.